The molecule has 0 aromatic heterocycles. The molecule has 0 radical (unpaired) electrons. The van der Waals surface area contributed by atoms with Gasteiger partial charge in [0.2, 0.25) is 0 Å². The molecule has 1 rings (SSSR count). The standard InChI is InChI=1S/C12H16ClNO3/c1-17-11-5-2-4-10(13)9(11)8-14-7-3-6-12(15)16/h2,4-5,14H,3,6-8H2,1H3,(H,15,16). The van der Waals surface area contributed by atoms with Crippen LogP contribution in [-0.4, -0.2) is 24.7 Å². The van der Waals surface area contributed by atoms with E-state index in [1.54, 1.807) is 13.2 Å². The maximum Gasteiger partial charge on any atom is 0.303 e. The van der Waals surface area contributed by atoms with Crippen molar-refractivity contribution in [2.24, 2.45) is 0 Å². The molecule has 0 fully saturated rings. The predicted octanol–water partition coefficient (Wildman–Crippen LogP) is 2.30. The first-order valence-corrected chi connectivity index (χ1v) is 5.77. The van der Waals surface area contributed by atoms with Crippen LogP contribution in [-0.2, 0) is 11.3 Å². The molecule has 0 saturated carbocycles. The van der Waals surface area contributed by atoms with E-state index in [9.17, 15) is 4.79 Å². The highest BCUT2D eigenvalue weighted by Crippen LogP contribution is 2.25. The van der Waals surface area contributed by atoms with E-state index in [0.717, 1.165) is 11.3 Å². The quantitative estimate of drug-likeness (QED) is 0.736. The van der Waals surface area contributed by atoms with Crippen LogP contribution < -0.4 is 10.1 Å². The summed E-state index contributed by atoms with van der Waals surface area (Å²) in [4.78, 5) is 10.3. The van der Waals surface area contributed by atoms with Crippen molar-refractivity contribution in [3.8, 4) is 5.75 Å². The number of carbonyl (C=O) groups is 1. The average molecular weight is 258 g/mol. The van der Waals surface area contributed by atoms with Crippen LogP contribution >= 0.6 is 11.6 Å². The van der Waals surface area contributed by atoms with Gasteiger partial charge in [0.1, 0.15) is 5.75 Å². The van der Waals surface area contributed by atoms with Crippen LogP contribution in [0.4, 0.5) is 0 Å². The number of hydrogen-bond donors (Lipinski definition) is 2. The van der Waals surface area contributed by atoms with Gasteiger partial charge in [-0.1, -0.05) is 17.7 Å². The Labute approximate surface area is 106 Å². The number of benzene rings is 1. The largest absolute Gasteiger partial charge is 0.496 e. The topological polar surface area (TPSA) is 58.6 Å². The van der Waals surface area contributed by atoms with Crippen molar-refractivity contribution in [1.29, 1.82) is 0 Å². The number of methoxy groups -OCH3 is 1. The molecule has 0 spiro atoms. The minimum Gasteiger partial charge on any atom is -0.496 e. The monoisotopic (exact) mass is 257 g/mol. The van der Waals surface area contributed by atoms with E-state index in [2.05, 4.69) is 5.32 Å². The molecule has 0 saturated heterocycles. The smallest absolute Gasteiger partial charge is 0.303 e. The zero-order chi connectivity index (χ0) is 12.7. The molecule has 0 atom stereocenters. The summed E-state index contributed by atoms with van der Waals surface area (Å²) < 4.78 is 5.20. The Morgan fingerprint density at radius 3 is 2.94 bits per heavy atom. The lowest BCUT2D eigenvalue weighted by Gasteiger charge is -2.10. The van der Waals surface area contributed by atoms with Crippen molar-refractivity contribution in [3.05, 3.63) is 28.8 Å². The van der Waals surface area contributed by atoms with Gasteiger partial charge in [-0.2, -0.15) is 0 Å². The molecule has 0 amide bonds. The fraction of sp³-hybridized carbons (Fsp3) is 0.417. The van der Waals surface area contributed by atoms with Gasteiger partial charge in [-0.3, -0.25) is 4.79 Å². The molecule has 5 heteroatoms. The van der Waals surface area contributed by atoms with E-state index >= 15 is 0 Å². The van der Waals surface area contributed by atoms with Gasteiger partial charge in [0, 0.05) is 23.6 Å². The third-order valence-electron chi connectivity index (χ3n) is 2.34. The first kappa shape index (κ1) is 13.8. The number of carboxylic acid groups (broad SMARTS) is 1. The summed E-state index contributed by atoms with van der Waals surface area (Å²) in [6, 6.07) is 5.48. The van der Waals surface area contributed by atoms with Gasteiger partial charge >= 0.3 is 5.97 Å². The van der Waals surface area contributed by atoms with Crippen LogP contribution in [0.1, 0.15) is 18.4 Å². The van der Waals surface area contributed by atoms with Crippen LogP contribution in [0.3, 0.4) is 0 Å². The van der Waals surface area contributed by atoms with Gasteiger partial charge in [-0.25, -0.2) is 0 Å². The lowest BCUT2D eigenvalue weighted by molar-refractivity contribution is -0.137. The number of halogens is 1. The van der Waals surface area contributed by atoms with Crippen LogP contribution in [0.2, 0.25) is 5.02 Å². The second-order valence-corrected chi connectivity index (χ2v) is 4.00. The summed E-state index contributed by atoms with van der Waals surface area (Å²) in [7, 11) is 1.60. The van der Waals surface area contributed by atoms with Gasteiger partial charge in [-0.15, -0.1) is 0 Å². The number of nitrogens with one attached hydrogen (secondary N) is 1. The van der Waals surface area contributed by atoms with Crippen LogP contribution in [0.25, 0.3) is 0 Å². The summed E-state index contributed by atoms with van der Waals surface area (Å²) in [6.07, 6.45) is 0.773. The maximum absolute atomic E-state index is 10.3. The second-order valence-electron chi connectivity index (χ2n) is 3.59. The lowest BCUT2D eigenvalue weighted by atomic mass is 10.2. The van der Waals surface area contributed by atoms with E-state index in [0.29, 0.717) is 24.5 Å². The van der Waals surface area contributed by atoms with E-state index in [-0.39, 0.29) is 6.42 Å². The third kappa shape index (κ3) is 4.63. The summed E-state index contributed by atoms with van der Waals surface area (Å²) in [6.45, 7) is 1.21. The van der Waals surface area contributed by atoms with Gasteiger partial charge in [-0.05, 0) is 25.1 Å². The predicted molar refractivity (Wildman–Crippen MR) is 66.6 cm³/mol. The molecule has 2 N–H and O–H groups in total. The first-order chi connectivity index (χ1) is 8.15. The normalized spacial score (nSPS) is 10.2. The lowest BCUT2D eigenvalue weighted by Crippen LogP contribution is -2.16. The molecule has 0 aliphatic heterocycles. The van der Waals surface area contributed by atoms with E-state index in [4.69, 9.17) is 21.4 Å². The minimum atomic E-state index is -0.776. The molecule has 0 heterocycles. The molecule has 0 aliphatic rings. The highest BCUT2D eigenvalue weighted by atomic mass is 35.5. The van der Waals surface area contributed by atoms with Crippen molar-refractivity contribution < 1.29 is 14.6 Å². The summed E-state index contributed by atoms with van der Waals surface area (Å²) in [5, 5.41) is 12.3. The van der Waals surface area contributed by atoms with Crippen molar-refractivity contribution in [3.63, 3.8) is 0 Å². The number of aliphatic carboxylic acids is 1. The molecule has 4 nitrogen and oxygen atoms in total. The molecule has 0 bridgehead atoms. The second kappa shape index (κ2) is 7.14. The fourth-order valence-corrected chi connectivity index (χ4v) is 1.71. The fourth-order valence-electron chi connectivity index (χ4n) is 1.48. The highest BCUT2D eigenvalue weighted by Gasteiger charge is 2.06. The molecule has 1 aromatic rings. The average Bonchev–Trinajstić information content (AvgIpc) is 2.30. The van der Waals surface area contributed by atoms with Crippen LogP contribution in [0.5, 0.6) is 5.75 Å². The highest BCUT2D eigenvalue weighted by molar-refractivity contribution is 6.31. The third-order valence-corrected chi connectivity index (χ3v) is 2.70. The van der Waals surface area contributed by atoms with E-state index in [1.807, 2.05) is 12.1 Å². The van der Waals surface area contributed by atoms with Gasteiger partial charge in [0.15, 0.2) is 0 Å². The molecular formula is C12H16ClNO3. The van der Waals surface area contributed by atoms with Gasteiger partial charge in [0.05, 0.1) is 7.11 Å². The van der Waals surface area contributed by atoms with Crippen molar-refractivity contribution in [1.82, 2.24) is 5.32 Å². The number of rotatable bonds is 7. The molecular weight excluding hydrogens is 242 g/mol. The number of carboxylic acids is 1. The van der Waals surface area contributed by atoms with Crippen molar-refractivity contribution in [2.45, 2.75) is 19.4 Å². The Hall–Kier alpha value is -1.26. The van der Waals surface area contributed by atoms with Crippen molar-refractivity contribution >= 4 is 17.6 Å². The Balaban J connectivity index is 2.43. The number of hydrogen-bond acceptors (Lipinski definition) is 3. The first-order valence-electron chi connectivity index (χ1n) is 5.39. The Bertz CT molecular complexity index is 382. The number of ether oxygens (including phenoxy) is 1. The van der Waals surface area contributed by atoms with E-state index < -0.39 is 5.97 Å². The Morgan fingerprint density at radius 1 is 1.53 bits per heavy atom. The Kier molecular flexibility index (Phi) is 5.80. The van der Waals surface area contributed by atoms with Crippen LogP contribution in [0, 0.1) is 0 Å². The summed E-state index contributed by atoms with van der Waals surface area (Å²) in [5.41, 5.74) is 0.895. The van der Waals surface area contributed by atoms with Gasteiger partial charge in [0.25, 0.3) is 0 Å². The maximum atomic E-state index is 10.3. The molecule has 17 heavy (non-hydrogen) atoms. The van der Waals surface area contributed by atoms with Crippen LogP contribution in [0.15, 0.2) is 18.2 Å². The SMILES string of the molecule is COc1cccc(Cl)c1CNCCCC(=O)O. The molecule has 94 valence electrons. The van der Waals surface area contributed by atoms with Gasteiger partial charge < -0.3 is 15.2 Å². The summed E-state index contributed by atoms with van der Waals surface area (Å²) in [5.74, 6) is -0.0367. The summed E-state index contributed by atoms with van der Waals surface area (Å²) >= 11 is 6.06. The zero-order valence-electron chi connectivity index (χ0n) is 9.70. The molecule has 0 aliphatic carbocycles. The zero-order valence-corrected chi connectivity index (χ0v) is 10.5. The van der Waals surface area contributed by atoms with E-state index in [1.165, 1.54) is 0 Å². The molecule has 0 unspecified atom stereocenters. The minimum absolute atomic E-state index is 0.173. The molecule has 1 aromatic carbocycles. The van der Waals surface area contributed by atoms with Crippen molar-refractivity contribution in [2.75, 3.05) is 13.7 Å². The Morgan fingerprint density at radius 2 is 2.29 bits per heavy atom.